The molecule has 0 radical (unpaired) electrons. The molecule has 0 unspecified atom stereocenters. The second kappa shape index (κ2) is 13.4. The molecule has 0 aromatic heterocycles. The van der Waals surface area contributed by atoms with Gasteiger partial charge < -0.3 is 15.0 Å². The maximum absolute atomic E-state index is 12.4. The number of unbranched alkanes of at least 4 members (excludes halogenated alkanes) is 1. The molecule has 0 atom stereocenters. The molecule has 0 saturated carbocycles. The summed E-state index contributed by atoms with van der Waals surface area (Å²) >= 11 is 0. The molecule has 0 saturated heterocycles. The Morgan fingerprint density at radius 3 is 1.68 bits per heavy atom. The number of hydrogen-bond acceptors (Lipinski definition) is 3. The van der Waals surface area contributed by atoms with Gasteiger partial charge in [-0.3, -0.25) is 4.79 Å². The first-order chi connectivity index (χ1) is 17.7. The van der Waals surface area contributed by atoms with Gasteiger partial charge in [-0.1, -0.05) is 54.6 Å². The van der Waals surface area contributed by atoms with Crippen molar-refractivity contribution in [1.29, 1.82) is 0 Å². The molecule has 0 aliphatic rings. The first-order valence-electron chi connectivity index (χ1n) is 13.0. The van der Waals surface area contributed by atoms with Gasteiger partial charge in [0.25, 0.3) is 0 Å². The maximum atomic E-state index is 12.4. The Bertz CT molecular complexity index is 1020. The van der Waals surface area contributed by atoms with Crippen molar-refractivity contribution in [1.82, 2.24) is 10.2 Å². The second-order valence-corrected chi connectivity index (χ2v) is 13.9. The van der Waals surface area contributed by atoms with Crippen LogP contribution in [0.3, 0.4) is 0 Å². The van der Waals surface area contributed by atoms with E-state index in [2.05, 4.69) is 96.3 Å². The Morgan fingerprint density at radius 1 is 0.784 bits per heavy atom. The molecule has 0 spiro atoms. The van der Waals surface area contributed by atoms with E-state index in [9.17, 15) is 9.59 Å². The normalized spacial score (nSPS) is 11.6. The number of carbonyl (C=O) groups excluding carboxylic acids is 2. The summed E-state index contributed by atoms with van der Waals surface area (Å²) < 4.78 is 5.34. The molecular formula is C31H40N2O3P+. The zero-order valence-corrected chi connectivity index (χ0v) is 23.4. The highest BCUT2D eigenvalue weighted by atomic mass is 31.2. The Hall–Kier alpha value is -3.17. The van der Waals surface area contributed by atoms with Crippen molar-refractivity contribution in [3.05, 3.63) is 91.0 Å². The monoisotopic (exact) mass is 519 g/mol. The minimum Gasteiger partial charge on any atom is -0.444 e. The van der Waals surface area contributed by atoms with Crippen LogP contribution in [0.4, 0.5) is 4.79 Å². The molecule has 2 amide bonds. The van der Waals surface area contributed by atoms with E-state index in [1.807, 2.05) is 20.8 Å². The second-order valence-electron chi connectivity index (χ2n) is 10.2. The largest absolute Gasteiger partial charge is 0.444 e. The molecule has 0 aliphatic carbocycles. The molecule has 0 aliphatic heterocycles. The number of hydrogen-bond donors (Lipinski definition) is 1. The highest BCUT2D eigenvalue weighted by Gasteiger charge is 2.44. The molecule has 1 N–H and O–H groups in total. The molecule has 0 heterocycles. The zero-order chi connectivity index (χ0) is 26.7. The quantitative estimate of drug-likeness (QED) is 0.282. The lowest BCUT2D eigenvalue weighted by molar-refractivity contribution is -0.121. The van der Waals surface area contributed by atoms with Crippen LogP contribution in [0, 0.1) is 0 Å². The van der Waals surface area contributed by atoms with Crippen molar-refractivity contribution < 1.29 is 14.3 Å². The summed E-state index contributed by atoms with van der Waals surface area (Å²) in [6, 6.07) is 32.6. The van der Waals surface area contributed by atoms with Gasteiger partial charge in [-0.15, -0.1) is 0 Å². The first kappa shape index (κ1) is 28.4. The standard InChI is InChI=1S/C31H39N2O3P/c1-31(2,3)36-30(35)33(4)24-22-29(34)32-23-14-15-25-37(26-16-8-5-9-17-26,27-18-10-6-11-19-27)28-20-12-7-13-21-28/h5-13,16-21H,14-15,22-25H2,1-4H3/p+1. The van der Waals surface area contributed by atoms with Gasteiger partial charge >= 0.3 is 6.09 Å². The van der Waals surface area contributed by atoms with Crippen LogP contribution in [0.25, 0.3) is 0 Å². The van der Waals surface area contributed by atoms with Gasteiger partial charge in [0.05, 0.1) is 6.16 Å². The van der Waals surface area contributed by atoms with Crippen molar-refractivity contribution in [2.24, 2.45) is 0 Å². The third-order valence-electron chi connectivity index (χ3n) is 6.21. The van der Waals surface area contributed by atoms with Crippen LogP contribution in [0.2, 0.25) is 0 Å². The van der Waals surface area contributed by atoms with E-state index < -0.39 is 19.0 Å². The minimum absolute atomic E-state index is 0.0503. The molecule has 0 bridgehead atoms. The summed E-state index contributed by atoms with van der Waals surface area (Å²) in [5.41, 5.74) is -0.551. The van der Waals surface area contributed by atoms with Gasteiger partial charge in [-0.05, 0) is 70.0 Å². The lowest BCUT2D eigenvalue weighted by atomic mass is 10.2. The summed E-state index contributed by atoms with van der Waals surface area (Å²) in [5, 5.41) is 7.15. The zero-order valence-electron chi connectivity index (χ0n) is 22.5. The fourth-order valence-electron chi connectivity index (χ4n) is 4.37. The first-order valence-corrected chi connectivity index (χ1v) is 15.0. The highest BCUT2D eigenvalue weighted by Crippen LogP contribution is 2.55. The van der Waals surface area contributed by atoms with Gasteiger partial charge in [0.2, 0.25) is 5.91 Å². The number of carbonyl (C=O) groups is 2. The van der Waals surface area contributed by atoms with Crippen molar-refractivity contribution in [3.8, 4) is 0 Å². The SMILES string of the molecule is CN(CCC(=O)NCCCC[P+](c1ccccc1)(c1ccccc1)c1ccccc1)C(=O)OC(C)(C)C. The molecule has 5 nitrogen and oxygen atoms in total. The number of ether oxygens (including phenoxy) is 1. The molecule has 0 fully saturated rings. The van der Waals surface area contributed by atoms with Gasteiger partial charge in [0, 0.05) is 26.6 Å². The fourth-order valence-corrected chi connectivity index (χ4v) is 8.78. The number of nitrogens with zero attached hydrogens (tertiary/aromatic N) is 1. The summed E-state index contributed by atoms with van der Waals surface area (Å²) in [5.74, 6) is -0.0503. The Morgan fingerprint density at radius 2 is 1.24 bits per heavy atom. The van der Waals surface area contributed by atoms with E-state index in [1.54, 1.807) is 7.05 Å². The van der Waals surface area contributed by atoms with Crippen molar-refractivity contribution >= 4 is 35.2 Å². The van der Waals surface area contributed by atoms with Crippen LogP contribution in [0.1, 0.15) is 40.0 Å². The van der Waals surface area contributed by atoms with Gasteiger partial charge in [-0.2, -0.15) is 0 Å². The van der Waals surface area contributed by atoms with E-state index in [1.165, 1.54) is 20.8 Å². The smallest absolute Gasteiger partial charge is 0.410 e. The van der Waals surface area contributed by atoms with Gasteiger partial charge in [-0.25, -0.2) is 4.79 Å². The molecule has 3 aromatic carbocycles. The average Bonchev–Trinajstić information content (AvgIpc) is 2.90. The average molecular weight is 520 g/mol. The predicted molar refractivity (Wildman–Crippen MR) is 156 cm³/mol. The number of rotatable bonds is 11. The van der Waals surface area contributed by atoms with E-state index >= 15 is 0 Å². The predicted octanol–water partition coefficient (Wildman–Crippen LogP) is 5.13. The Kier molecular flexibility index (Phi) is 10.3. The molecule has 37 heavy (non-hydrogen) atoms. The highest BCUT2D eigenvalue weighted by molar-refractivity contribution is 7.95. The van der Waals surface area contributed by atoms with Crippen molar-refractivity contribution in [2.45, 2.75) is 45.6 Å². The van der Waals surface area contributed by atoms with E-state index in [0.29, 0.717) is 13.1 Å². The molecule has 3 rings (SSSR count). The third kappa shape index (κ3) is 8.16. The van der Waals surface area contributed by atoms with Crippen molar-refractivity contribution in [3.63, 3.8) is 0 Å². The molecular weight excluding hydrogens is 479 g/mol. The summed E-state index contributed by atoms with van der Waals surface area (Å²) in [6.45, 7) is 6.43. The van der Waals surface area contributed by atoms with Crippen LogP contribution in [0.15, 0.2) is 91.0 Å². The number of nitrogens with one attached hydrogen (secondary N) is 1. The molecule has 3 aromatic rings. The lowest BCUT2D eigenvalue weighted by Gasteiger charge is -2.27. The van der Waals surface area contributed by atoms with Crippen LogP contribution < -0.4 is 21.2 Å². The summed E-state index contributed by atoms with van der Waals surface area (Å²) in [6.07, 6.45) is 2.75. The van der Waals surface area contributed by atoms with E-state index in [4.69, 9.17) is 4.74 Å². The van der Waals surface area contributed by atoms with E-state index in [0.717, 1.165) is 19.0 Å². The van der Waals surface area contributed by atoms with Crippen LogP contribution in [-0.4, -0.2) is 48.8 Å². The van der Waals surface area contributed by atoms with E-state index in [-0.39, 0.29) is 12.3 Å². The topological polar surface area (TPSA) is 58.6 Å². The van der Waals surface area contributed by atoms with Gasteiger partial charge in [0.15, 0.2) is 0 Å². The Balaban J connectivity index is 1.62. The van der Waals surface area contributed by atoms with Crippen LogP contribution in [-0.2, 0) is 9.53 Å². The summed E-state index contributed by atoms with van der Waals surface area (Å²) in [7, 11) is -0.188. The Labute approximate surface area is 222 Å². The summed E-state index contributed by atoms with van der Waals surface area (Å²) in [4.78, 5) is 25.9. The minimum atomic E-state index is -1.84. The maximum Gasteiger partial charge on any atom is 0.410 e. The molecule has 196 valence electrons. The van der Waals surface area contributed by atoms with Crippen molar-refractivity contribution in [2.75, 3.05) is 26.3 Å². The van der Waals surface area contributed by atoms with Crippen LogP contribution in [0.5, 0.6) is 0 Å². The van der Waals surface area contributed by atoms with Crippen LogP contribution >= 0.6 is 7.26 Å². The molecule has 6 heteroatoms. The lowest BCUT2D eigenvalue weighted by Crippen LogP contribution is -2.37. The number of amides is 2. The van der Waals surface area contributed by atoms with Gasteiger partial charge in [0.1, 0.15) is 28.8 Å². The number of benzene rings is 3. The third-order valence-corrected chi connectivity index (χ3v) is 10.7. The fraction of sp³-hybridized carbons (Fsp3) is 0.355.